The van der Waals surface area contributed by atoms with Gasteiger partial charge in [-0.1, -0.05) is 0 Å². The fraction of sp³-hybridized carbons (Fsp3) is 0.571. The van der Waals surface area contributed by atoms with Crippen molar-refractivity contribution < 1.29 is 9.53 Å². The maximum Gasteiger partial charge on any atom is 0.330 e. The number of pyridine rings is 1. The lowest BCUT2D eigenvalue weighted by Crippen LogP contribution is -2.63. The van der Waals surface area contributed by atoms with Gasteiger partial charge in [-0.2, -0.15) is 10.1 Å². The molecule has 5 heterocycles. The van der Waals surface area contributed by atoms with Gasteiger partial charge in [-0.15, -0.1) is 0 Å². The van der Waals surface area contributed by atoms with Gasteiger partial charge < -0.3 is 15.0 Å². The maximum absolute atomic E-state index is 14.1. The zero-order chi connectivity index (χ0) is 27.2. The molecule has 208 valence electrons. The number of fused-ring (bicyclic) bond motifs is 2. The molecule has 5 fully saturated rings. The lowest BCUT2D eigenvalue weighted by Gasteiger charge is -2.62. The molecule has 0 aromatic carbocycles. The Morgan fingerprint density at radius 3 is 2.67 bits per heavy atom. The second-order valence-corrected chi connectivity index (χ2v) is 12.5. The first kappa shape index (κ1) is 24.0. The number of hydrogen-bond acceptors (Lipinski definition) is 8. The smallest absolute Gasteiger partial charge is 0.330 e. The van der Waals surface area contributed by atoms with Gasteiger partial charge in [0.25, 0.3) is 0 Å². The Kier molecular flexibility index (Phi) is 5.02. The third-order valence-electron chi connectivity index (χ3n) is 9.93. The summed E-state index contributed by atoms with van der Waals surface area (Å²) in [5, 5.41) is 7.58. The standard InChI is InChI=1S/C28H33N9O3/c1-17-7-22-30-16-31-36(22)14-20(17)32-25-29-13-21-23(33-25)37(26(39)34(21)2)28-11-18-8-19(12-28)10-27(9-18,15-28)24(38)35-3-5-40-6-4-35/h7,13-14,16,18-19H,3-6,8-12,15H2,1-2H3,(H,29,32,33). The lowest BCUT2D eigenvalue weighted by molar-refractivity contribution is -0.169. The Balaban J connectivity index is 1.21. The molecular formula is C28H33N9O3. The summed E-state index contributed by atoms with van der Waals surface area (Å²) in [6, 6.07) is 1.95. The summed E-state index contributed by atoms with van der Waals surface area (Å²) in [4.78, 5) is 43.8. The Labute approximate surface area is 230 Å². The summed E-state index contributed by atoms with van der Waals surface area (Å²) in [7, 11) is 1.79. The first-order valence-corrected chi connectivity index (χ1v) is 14.2. The van der Waals surface area contributed by atoms with Crippen molar-refractivity contribution in [2.45, 2.75) is 51.0 Å². The number of anilines is 2. The van der Waals surface area contributed by atoms with Gasteiger partial charge in [-0.3, -0.25) is 13.9 Å². The number of nitrogens with zero attached hydrogens (tertiary/aromatic N) is 8. The van der Waals surface area contributed by atoms with E-state index >= 15 is 0 Å². The number of aryl methyl sites for hydroxylation is 2. The van der Waals surface area contributed by atoms with Gasteiger partial charge >= 0.3 is 5.69 Å². The molecule has 9 rings (SSSR count). The van der Waals surface area contributed by atoms with E-state index in [1.54, 1.807) is 22.3 Å². The van der Waals surface area contributed by atoms with Crippen LogP contribution >= 0.6 is 0 Å². The Morgan fingerprint density at radius 2 is 1.90 bits per heavy atom. The summed E-state index contributed by atoms with van der Waals surface area (Å²) in [5.74, 6) is 1.55. The van der Waals surface area contributed by atoms with Crippen molar-refractivity contribution in [3.05, 3.63) is 40.8 Å². The molecule has 4 aromatic heterocycles. The average molecular weight is 544 g/mol. The van der Waals surface area contributed by atoms with E-state index in [4.69, 9.17) is 9.72 Å². The van der Waals surface area contributed by atoms with Crippen LogP contribution in [-0.4, -0.2) is 70.8 Å². The van der Waals surface area contributed by atoms with E-state index in [-0.39, 0.29) is 11.6 Å². The van der Waals surface area contributed by atoms with E-state index in [0.29, 0.717) is 61.7 Å². The molecule has 40 heavy (non-hydrogen) atoms. The molecule has 2 unspecified atom stereocenters. The van der Waals surface area contributed by atoms with E-state index in [2.05, 4.69) is 20.4 Å². The molecule has 12 heteroatoms. The van der Waals surface area contributed by atoms with Crippen LogP contribution in [0, 0.1) is 24.2 Å². The molecule has 0 radical (unpaired) electrons. The van der Waals surface area contributed by atoms with E-state index < -0.39 is 11.0 Å². The highest BCUT2D eigenvalue weighted by atomic mass is 16.5. The molecule has 4 aliphatic carbocycles. The maximum atomic E-state index is 14.1. The number of aromatic nitrogens is 7. The van der Waals surface area contributed by atoms with E-state index in [1.807, 2.05) is 28.7 Å². The predicted molar refractivity (Wildman–Crippen MR) is 146 cm³/mol. The zero-order valence-electron chi connectivity index (χ0n) is 22.8. The molecule has 0 spiro atoms. The van der Waals surface area contributed by atoms with Crippen molar-refractivity contribution in [1.29, 1.82) is 0 Å². The molecule has 2 atom stereocenters. The molecule has 1 N–H and O–H groups in total. The fourth-order valence-corrected chi connectivity index (χ4v) is 8.64. The molecule has 4 saturated carbocycles. The van der Waals surface area contributed by atoms with E-state index in [9.17, 15) is 9.59 Å². The molecular weight excluding hydrogens is 510 g/mol. The zero-order valence-corrected chi connectivity index (χ0v) is 22.8. The number of imidazole rings is 1. The number of hydrogen-bond donors (Lipinski definition) is 1. The Bertz CT molecular complexity index is 1720. The van der Waals surface area contributed by atoms with Gasteiger partial charge in [0.05, 0.1) is 42.2 Å². The number of carbonyl (C=O) groups is 1. The van der Waals surface area contributed by atoms with Gasteiger partial charge in [0.2, 0.25) is 11.9 Å². The lowest BCUT2D eigenvalue weighted by atomic mass is 9.46. The van der Waals surface area contributed by atoms with Gasteiger partial charge in [-0.25, -0.2) is 19.3 Å². The van der Waals surface area contributed by atoms with Crippen molar-refractivity contribution >= 4 is 34.4 Å². The third kappa shape index (κ3) is 3.41. The predicted octanol–water partition coefficient (Wildman–Crippen LogP) is 2.38. The average Bonchev–Trinajstić information content (AvgIpc) is 3.49. The minimum absolute atomic E-state index is 0.0856. The minimum atomic E-state index is -0.427. The van der Waals surface area contributed by atoms with E-state index in [0.717, 1.165) is 49.0 Å². The molecule has 12 nitrogen and oxygen atoms in total. The second kappa shape index (κ2) is 8.35. The van der Waals surface area contributed by atoms with Crippen LogP contribution in [0.1, 0.15) is 44.1 Å². The monoisotopic (exact) mass is 543 g/mol. The quantitative estimate of drug-likeness (QED) is 0.416. The van der Waals surface area contributed by atoms with Gasteiger partial charge in [0, 0.05) is 20.1 Å². The van der Waals surface area contributed by atoms with Crippen molar-refractivity contribution in [3.8, 4) is 0 Å². The summed E-state index contributed by atoms with van der Waals surface area (Å²) < 4.78 is 10.8. The van der Waals surface area contributed by atoms with Crippen LogP contribution in [0.5, 0.6) is 0 Å². The Morgan fingerprint density at radius 1 is 1.12 bits per heavy atom. The molecule has 4 bridgehead atoms. The third-order valence-corrected chi connectivity index (χ3v) is 9.93. The van der Waals surface area contributed by atoms with Crippen LogP contribution in [0.4, 0.5) is 11.6 Å². The highest BCUT2D eigenvalue weighted by molar-refractivity contribution is 5.84. The topological polar surface area (TPSA) is 124 Å². The SMILES string of the molecule is Cc1cc2ncnn2cc1Nc1ncc2c(n1)n(C13CC4CC(CC(C(=O)N5CCOCC5)(C4)C1)C3)c(=O)n2C. The molecule has 1 aliphatic heterocycles. The minimum Gasteiger partial charge on any atom is -0.378 e. The highest BCUT2D eigenvalue weighted by Crippen LogP contribution is 2.64. The largest absolute Gasteiger partial charge is 0.378 e. The molecule has 5 aliphatic rings. The number of amides is 1. The first-order valence-electron chi connectivity index (χ1n) is 14.2. The summed E-state index contributed by atoms with van der Waals surface area (Å²) in [6.07, 6.45) is 10.6. The fourth-order valence-electron chi connectivity index (χ4n) is 8.64. The van der Waals surface area contributed by atoms with Crippen molar-refractivity contribution in [2.24, 2.45) is 24.3 Å². The van der Waals surface area contributed by atoms with Crippen LogP contribution in [-0.2, 0) is 22.1 Å². The van der Waals surface area contributed by atoms with Crippen LogP contribution in [0.15, 0.2) is 29.6 Å². The van der Waals surface area contributed by atoms with Crippen molar-refractivity contribution in [2.75, 3.05) is 31.6 Å². The van der Waals surface area contributed by atoms with Crippen LogP contribution in [0.2, 0.25) is 0 Å². The normalized spacial score (nSPS) is 29.5. The summed E-state index contributed by atoms with van der Waals surface area (Å²) >= 11 is 0. The Hall–Kier alpha value is -3.80. The van der Waals surface area contributed by atoms with E-state index in [1.165, 1.54) is 6.33 Å². The molecule has 1 saturated heterocycles. The number of rotatable bonds is 4. The van der Waals surface area contributed by atoms with Crippen LogP contribution in [0.25, 0.3) is 16.8 Å². The van der Waals surface area contributed by atoms with Crippen LogP contribution < -0.4 is 11.0 Å². The van der Waals surface area contributed by atoms with Gasteiger partial charge in [0.1, 0.15) is 11.8 Å². The van der Waals surface area contributed by atoms with Crippen LogP contribution in [0.3, 0.4) is 0 Å². The van der Waals surface area contributed by atoms with Crippen molar-refractivity contribution in [3.63, 3.8) is 0 Å². The van der Waals surface area contributed by atoms with Crippen molar-refractivity contribution in [1.82, 2.24) is 38.6 Å². The highest BCUT2D eigenvalue weighted by Gasteiger charge is 2.62. The van der Waals surface area contributed by atoms with Gasteiger partial charge in [-0.05, 0) is 68.9 Å². The second-order valence-electron chi connectivity index (χ2n) is 12.5. The first-order chi connectivity index (χ1) is 19.3. The summed E-state index contributed by atoms with van der Waals surface area (Å²) in [5.41, 5.74) is 2.96. The number of nitrogens with one attached hydrogen (secondary N) is 1. The molecule has 1 amide bonds. The molecule has 4 aromatic rings. The van der Waals surface area contributed by atoms with Gasteiger partial charge in [0.15, 0.2) is 11.3 Å². The summed E-state index contributed by atoms with van der Waals surface area (Å²) in [6.45, 7) is 4.49. The number of ether oxygens (including phenoxy) is 1. The number of morpholine rings is 1. The number of carbonyl (C=O) groups excluding carboxylic acids is 1.